The van der Waals surface area contributed by atoms with Crippen molar-refractivity contribution < 1.29 is 23.5 Å². The van der Waals surface area contributed by atoms with Crippen molar-refractivity contribution in [3.63, 3.8) is 0 Å². The highest BCUT2D eigenvalue weighted by Crippen LogP contribution is 2.28. The Labute approximate surface area is 161 Å². The van der Waals surface area contributed by atoms with Crippen LogP contribution in [0.3, 0.4) is 0 Å². The SMILES string of the molecule is O=C(Nc1ccccc1N1CCOC1=O)N1CC(OCc2ccccc2F)C1. The molecule has 2 aliphatic rings. The quantitative estimate of drug-likeness (QED) is 0.858. The molecule has 0 unspecified atom stereocenters. The third kappa shape index (κ3) is 3.77. The van der Waals surface area contributed by atoms with Crippen LogP contribution >= 0.6 is 0 Å². The number of likely N-dealkylation sites (tertiary alicyclic amines) is 1. The number of ether oxygens (including phenoxy) is 2. The molecule has 2 fully saturated rings. The summed E-state index contributed by atoms with van der Waals surface area (Å²) in [4.78, 5) is 27.4. The molecule has 2 aliphatic heterocycles. The number of hydrogen-bond acceptors (Lipinski definition) is 4. The van der Waals surface area contributed by atoms with Gasteiger partial charge in [-0.15, -0.1) is 0 Å². The Balaban J connectivity index is 1.30. The molecule has 3 amide bonds. The number of nitrogens with zero attached hydrogens (tertiary/aromatic N) is 2. The molecule has 8 heteroatoms. The standard InChI is InChI=1S/C20H20FN3O4/c21-16-6-2-1-5-14(16)13-28-15-11-23(12-15)19(25)22-17-7-3-4-8-18(17)24-9-10-27-20(24)26/h1-8,15H,9-13H2,(H,22,25). The summed E-state index contributed by atoms with van der Waals surface area (Å²) in [6.07, 6.45) is -0.554. The Morgan fingerprint density at radius 3 is 2.68 bits per heavy atom. The van der Waals surface area contributed by atoms with E-state index in [0.29, 0.717) is 43.2 Å². The number of anilines is 2. The second kappa shape index (κ2) is 7.85. The summed E-state index contributed by atoms with van der Waals surface area (Å²) in [6.45, 7) is 1.80. The van der Waals surface area contributed by atoms with Crippen LogP contribution < -0.4 is 10.2 Å². The van der Waals surface area contributed by atoms with Crippen LogP contribution in [0.15, 0.2) is 48.5 Å². The maximum atomic E-state index is 13.6. The summed E-state index contributed by atoms with van der Waals surface area (Å²) >= 11 is 0. The van der Waals surface area contributed by atoms with Crippen molar-refractivity contribution in [3.05, 3.63) is 59.9 Å². The molecule has 0 aromatic heterocycles. The first kappa shape index (κ1) is 18.2. The fraction of sp³-hybridized carbons (Fsp3) is 0.300. The number of benzene rings is 2. The van der Waals surface area contributed by atoms with E-state index in [1.165, 1.54) is 11.0 Å². The van der Waals surface area contributed by atoms with Crippen molar-refractivity contribution in [2.75, 3.05) is 36.5 Å². The predicted molar refractivity (Wildman–Crippen MR) is 101 cm³/mol. The van der Waals surface area contributed by atoms with E-state index >= 15 is 0 Å². The van der Waals surface area contributed by atoms with Gasteiger partial charge in [-0.3, -0.25) is 4.90 Å². The number of nitrogens with one attached hydrogen (secondary N) is 1. The zero-order chi connectivity index (χ0) is 19.5. The van der Waals surface area contributed by atoms with E-state index < -0.39 is 6.09 Å². The van der Waals surface area contributed by atoms with Crippen molar-refractivity contribution >= 4 is 23.5 Å². The topological polar surface area (TPSA) is 71.1 Å². The van der Waals surface area contributed by atoms with E-state index in [1.807, 2.05) is 0 Å². The Morgan fingerprint density at radius 1 is 1.18 bits per heavy atom. The van der Waals surface area contributed by atoms with Crippen LogP contribution in [0.1, 0.15) is 5.56 Å². The van der Waals surface area contributed by atoms with Gasteiger partial charge in [-0.25, -0.2) is 14.0 Å². The van der Waals surface area contributed by atoms with Crippen LogP contribution in [0.4, 0.5) is 25.4 Å². The van der Waals surface area contributed by atoms with Gasteiger partial charge in [0.1, 0.15) is 12.4 Å². The van der Waals surface area contributed by atoms with Gasteiger partial charge >= 0.3 is 12.1 Å². The Bertz CT molecular complexity index is 885. The van der Waals surface area contributed by atoms with Gasteiger partial charge in [0.05, 0.1) is 43.7 Å². The highest BCUT2D eigenvalue weighted by atomic mass is 19.1. The molecule has 146 valence electrons. The summed E-state index contributed by atoms with van der Waals surface area (Å²) in [7, 11) is 0. The lowest BCUT2D eigenvalue weighted by molar-refractivity contribution is -0.0428. The monoisotopic (exact) mass is 385 g/mol. The molecule has 2 heterocycles. The zero-order valence-corrected chi connectivity index (χ0v) is 15.1. The Hall–Kier alpha value is -3.13. The van der Waals surface area contributed by atoms with Gasteiger partial charge < -0.3 is 19.7 Å². The first-order valence-corrected chi connectivity index (χ1v) is 9.06. The van der Waals surface area contributed by atoms with Crippen LogP contribution in [0.5, 0.6) is 0 Å². The number of amides is 3. The average molecular weight is 385 g/mol. The van der Waals surface area contributed by atoms with Gasteiger partial charge in [-0.1, -0.05) is 30.3 Å². The molecule has 0 aliphatic carbocycles. The van der Waals surface area contributed by atoms with Gasteiger partial charge in [0, 0.05) is 5.56 Å². The number of carbonyl (C=O) groups is 2. The van der Waals surface area contributed by atoms with Crippen molar-refractivity contribution in [3.8, 4) is 0 Å². The maximum absolute atomic E-state index is 13.6. The summed E-state index contributed by atoms with van der Waals surface area (Å²) in [5.74, 6) is -0.298. The molecule has 0 atom stereocenters. The van der Waals surface area contributed by atoms with Gasteiger partial charge in [0.15, 0.2) is 0 Å². The third-order valence-electron chi connectivity index (χ3n) is 4.76. The van der Waals surface area contributed by atoms with Crippen LogP contribution in [-0.4, -0.2) is 49.4 Å². The van der Waals surface area contributed by atoms with Gasteiger partial charge in [0.2, 0.25) is 0 Å². The van der Waals surface area contributed by atoms with E-state index in [0.717, 1.165) is 0 Å². The first-order chi connectivity index (χ1) is 13.6. The number of halogens is 1. The minimum atomic E-state index is -0.424. The number of hydrogen-bond donors (Lipinski definition) is 1. The molecular formula is C20H20FN3O4. The molecule has 0 radical (unpaired) electrons. The summed E-state index contributed by atoms with van der Waals surface area (Å²) in [6, 6.07) is 13.3. The lowest BCUT2D eigenvalue weighted by Gasteiger charge is -2.38. The average Bonchev–Trinajstić information content (AvgIpc) is 3.08. The molecule has 28 heavy (non-hydrogen) atoms. The fourth-order valence-electron chi connectivity index (χ4n) is 3.15. The molecule has 0 bridgehead atoms. The molecule has 2 aromatic carbocycles. The number of para-hydroxylation sites is 2. The van der Waals surface area contributed by atoms with Crippen LogP contribution in [-0.2, 0) is 16.1 Å². The second-order valence-corrected chi connectivity index (χ2v) is 6.64. The third-order valence-corrected chi connectivity index (χ3v) is 4.76. The van der Waals surface area contributed by atoms with E-state index in [9.17, 15) is 14.0 Å². The minimum absolute atomic E-state index is 0.130. The molecule has 7 nitrogen and oxygen atoms in total. The molecule has 4 rings (SSSR count). The normalized spacial score (nSPS) is 16.7. The highest BCUT2D eigenvalue weighted by Gasteiger charge is 2.32. The van der Waals surface area contributed by atoms with Gasteiger partial charge in [-0.2, -0.15) is 0 Å². The summed E-state index contributed by atoms with van der Waals surface area (Å²) in [5, 5.41) is 2.84. The van der Waals surface area contributed by atoms with Crippen molar-refractivity contribution in [1.82, 2.24) is 4.90 Å². The van der Waals surface area contributed by atoms with E-state index in [4.69, 9.17) is 9.47 Å². The van der Waals surface area contributed by atoms with E-state index in [1.54, 1.807) is 47.4 Å². The summed E-state index contributed by atoms with van der Waals surface area (Å²) < 4.78 is 24.2. The molecule has 0 saturated carbocycles. The number of urea groups is 1. The molecular weight excluding hydrogens is 365 g/mol. The first-order valence-electron chi connectivity index (χ1n) is 9.06. The smallest absolute Gasteiger partial charge is 0.414 e. The largest absolute Gasteiger partial charge is 0.447 e. The zero-order valence-electron chi connectivity index (χ0n) is 15.1. The predicted octanol–water partition coefficient (Wildman–Crippen LogP) is 3.22. The van der Waals surface area contributed by atoms with E-state index in [2.05, 4.69) is 5.32 Å². The lowest BCUT2D eigenvalue weighted by Crippen LogP contribution is -2.56. The Morgan fingerprint density at radius 2 is 1.93 bits per heavy atom. The maximum Gasteiger partial charge on any atom is 0.414 e. The van der Waals surface area contributed by atoms with Gasteiger partial charge in [-0.05, 0) is 18.2 Å². The van der Waals surface area contributed by atoms with Gasteiger partial charge in [0.25, 0.3) is 0 Å². The number of rotatable bonds is 5. The molecule has 2 saturated heterocycles. The van der Waals surface area contributed by atoms with Crippen molar-refractivity contribution in [2.45, 2.75) is 12.7 Å². The van der Waals surface area contributed by atoms with Crippen LogP contribution in [0.25, 0.3) is 0 Å². The summed E-state index contributed by atoms with van der Waals surface area (Å²) in [5.41, 5.74) is 1.64. The highest BCUT2D eigenvalue weighted by molar-refractivity contribution is 5.99. The second-order valence-electron chi connectivity index (χ2n) is 6.64. The molecule has 1 N–H and O–H groups in total. The van der Waals surface area contributed by atoms with Crippen LogP contribution in [0, 0.1) is 5.82 Å². The Kier molecular flexibility index (Phi) is 5.12. The van der Waals surface area contributed by atoms with Crippen molar-refractivity contribution in [2.24, 2.45) is 0 Å². The minimum Gasteiger partial charge on any atom is -0.447 e. The number of cyclic esters (lactones) is 1. The number of carbonyl (C=O) groups excluding carboxylic acids is 2. The fourth-order valence-corrected chi connectivity index (χ4v) is 3.15. The van der Waals surface area contributed by atoms with E-state index in [-0.39, 0.29) is 24.6 Å². The molecule has 2 aromatic rings. The lowest BCUT2D eigenvalue weighted by atomic mass is 10.1. The molecule has 0 spiro atoms. The van der Waals surface area contributed by atoms with Crippen LogP contribution in [0.2, 0.25) is 0 Å². The van der Waals surface area contributed by atoms with Crippen molar-refractivity contribution in [1.29, 1.82) is 0 Å².